The molecule has 1 aliphatic carbocycles. The second-order valence-corrected chi connectivity index (χ2v) is 6.98. The molecule has 1 atom stereocenters. The standard InChI is InChI=1S/C15H18N2O3S/c1-16-21(18,19)15-7-6-13(20-15)10-17-9-12-8-11-4-2-3-5-14(11)12/h2-7,12,16-17H,8-10H2,1H3. The van der Waals surface area contributed by atoms with Crippen LogP contribution in [-0.2, 0) is 23.0 Å². The van der Waals surface area contributed by atoms with Gasteiger partial charge in [-0.3, -0.25) is 0 Å². The van der Waals surface area contributed by atoms with E-state index in [1.54, 1.807) is 6.07 Å². The second-order valence-electron chi connectivity index (χ2n) is 5.16. The van der Waals surface area contributed by atoms with Crippen LogP contribution >= 0.6 is 0 Å². The van der Waals surface area contributed by atoms with E-state index in [2.05, 4.69) is 34.3 Å². The van der Waals surface area contributed by atoms with Gasteiger partial charge in [-0.25, -0.2) is 13.1 Å². The number of fused-ring (bicyclic) bond motifs is 1. The summed E-state index contributed by atoms with van der Waals surface area (Å²) in [6.45, 7) is 1.39. The molecular weight excluding hydrogens is 288 g/mol. The van der Waals surface area contributed by atoms with E-state index in [-0.39, 0.29) is 5.09 Å². The molecule has 0 bridgehead atoms. The second kappa shape index (κ2) is 5.63. The largest absolute Gasteiger partial charge is 0.447 e. The molecule has 0 spiro atoms. The van der Waals surface area contributed by atoms with Crippen LogP contribution in [0.3, 0.4) is 0 Å². The molecule has 6 heteroatoms. The number of rotatable bonds is 6. The Kier molecular flexibility index (Phi) is 3.84. The van der Waals surface area contributed by atoms with Crippen molar-refractivity contribution in [2.24, 2.45) is 0 Å². The molecule has 0 fully saturated rings. The zero-order valence-corrected chi connectivity index (χ0v) is 12.6. The fourth-order valence-corrected chi connectivity index (χ4v) is 3.28. The molecule has 1 aromatic heterocycles. The monoisotopic (exact) mass is 306 g/mol. The number of furan rings is 1. The van der Waals surface area contributed by atoms with Gasteiger partial charge in [0.25, 0.3) is 10.0 Å². The molecule has 1 heterocycles. The Bertz CT molecular complexity index is 737. The van der Waals surface area contributed by atoms with Crippen LogP contribution in [0.1, 0.15) is 22.8 Å². The Balaban J connectivity index is 1.53. The number of sulfonamides is 1. The van der Waals surface area contributed by atoms with Crippen molar-refractivity contribution in [2.45, 2.75) is 24.0 Å². The average Bonchev–Trinajstić information content (AvgIpc) is 2.93. The summed E-state index contributed by atoms with van der Waals surface area (Å²) in [6, 6.07) is 11.6. The van der Waals surface area contributed by atoms with E-state index in [0.29, 0.717) is 18.2 Å². The SMILES string of the molecule is CNS(=O)(=O)c1ccc(CNCC2Cc3ccccc32)o1. The lowest BCUT2D eigenvalue weighted by atomic mass is 9.77. The van der Waals surface area contributed by atoms with Crippen molar-refractivity contribution in [2.75, 3.05) is 13.6 Å². The number of nitrogens with one attached hydrogen (secondary N) is 2. The summed E-state index contributed by atoms with van der Waals surface area (Å²) >= 11 is 0. The first-order valence-electron chi connectivity index (χ1n) is 6.91. The number of hydrogen-bond donors (Lipinski definition) is 2. The highest BCUT2D eigenvalue weighted by molar-refractivity contribution is 7.89. The maximum absolute atomic E-state index is 11.6. The Morgan fingerprint density at radius 2 is 2.05 bits per heavy atom. The summed E-state index contributed by atoms with van der Waals surface area (Å²) in [5, 5.41) is 3.27. The van der Waals surface area contributed by atoms with E-state index in [1.807, 2.05) is 0 Å². The highest BCUT2D eigenvalue weighted by Crippen LogP contribution is 2.34. The molecule has 3 rings (SSSR count). The Morgan fingerprint density at radius 3 is 2.81 bits per heavy atom. The van der Waals surface area contributed by atoms with Crippen molar-refractivity contribution in [3.05, 3.63) is 53.3 Å². The van der Waals surface area contributed by atoms with Gasteiger partial charge in [-0.15, -0.1) is 0 Å². The van der Waals surface area contributed by atoms with Crippen LogP contribution in [0.5, 0.6) is 0 Å². The molecule has 2 aromatic rings. The van der Waals surface area contributed by atoms with E-state index < -0.39 is 10.0 Å². The van der Waals surface area contributed by atoms with Gasteiger partial charge < -0.3 is 9.73 Å². The summed E-state index contributed by atoms with van der Waals surface area (Å²) in [4.78, 5) is 0. The van der Waals surface area contributed by atoms with Crippen molar-refractivity contribution in [3.63, 3.8) is 0 Å². The predicted molar refractivity (Wildman–Crippen MR) is 79.5 cm³/mol. The van der Waals surface area contributed by atoms with Crippen LogP contribution in [0.2, 0.25) is 0 Å². The highest BCUT2D eigenvalue weighted by Gasteiger charge is 2.24. The van der Waals surface area contributed by atoms with Gasteiger partial charge in [-0.05, 0) is 36.7 Å². The van der Waals surface area contributed by atoms with Gasteiger partial charge >= 0.3 is 0 Å². The molecule has 1 unspecified atom stereocenters. The zero-order valence-electron chi connectivity index (χ0n) is 11.8. The lowest BCUT2D eigenvalue weighted by molar-refractivity contribution is 0.395. The minimum absolute atomic E-state index is 0.0456. The molecule has 0 radical (unpaired) electrons. The quantitative estimate of drug-likeness (QED) is 0.851. The normalized spacial score (nSPS) is 17.3. The highest BCUT2D eigenvalue weighted by atomic mass is 32.2. The number of hydrogen-bond acceptors (Lipinski definition) is 4. The fourth-order valence-electron chi connectivity index (χ4n) is 2.61. The third-order valence-electron chi connectivity index (χ3n) is 3.82. The van der Waals surface area contributed by atoms with E-state index in [9.17, 15) is 8.42 Å². The third-order valence-corrected chi connectivity index (χ3v) is 5.11. The lowest BCUT2D eigenvalue weighted by Crippen LogP contribution is -2.28. The maximum atomic E-state index is 11.6. The van der Waals surface area contributed by atoms with Gasteiger partial charge in [0.1, 0.15) is 5.76 Å². The molecule has 1 aliphatic rings. The van der Waals surface area contributed by atoms with E-state index in [1.165, 1.54) is 24.2 Å². The third kappa shape index (κ3) is 2.88. The van der Waals surface area contributed by atoms with Crippen LogP contribution in [0, 0.1) is 0 Å². The van der Waals surface area contributed by atoms with Gasteiger partial charge in [-0.1, -0.05) is 24.3 Å². The van der Waals surface area contributed by atoms with E-state index in [4.69, 9.17) is 4.42 Å². The molecule has 5 nitrogen and oxygen atoms in total. The van der Waals surface area contributed by atoms with Crippen molar-refractivity contribution in [3.8, 4) is 0 Å². The molecule has 1 aromatic carbocycles. The Morgan fingerprint density at radius 1 is 1.24 bits per heavy atom. The summed E-state index contributed by atoms with van der Waals surface area (Å²) in [6.07, 6.45) is 1.10. The first kappa shape index (κ1) is 14.3. The topological polar surface area (TPSA) is 71.3 Å². The minimum Gasteiger partial charge on any atom is -0.447 e. The Labute approximate surface area is 124 Å². The summed E-state index contributed by atoms with van der Waals surface area (Å²) in [7, 11) is -2.13. The van der Waals surface area contributed by atoms with Crippen LogP contribution in [0.15, 0.2) is 45.9 Å². The lowest BCUT2D eigenvalue weighted by Gasteiger charge is -2.30. The van der Waals surface area contributed by atoms with Gasteiger partial charge in [0.15, 0.2) is 0 Å². The van der Waals surface area contributed by atoms with Gasteiger partial charge in [0.05, 0.1) is 6.54 Å². The predicted octanol–water partition coefficient (Wildman–Crippen LogP) is 1.62. The molecule has 0 amide bonds. The molecule has 0 saturated carbocycles. The van der Waals surface area contributed by atoms with Crippen LogP contribution in [0.4, 0.5) is 0 Å². The van der Waals surface area contributed by atoms with Crippen LogP contribution in [0.25, 0.3) is 0 Å². The van der Waals surface area contributed by atoms with E-state index >= 15 is 0 Å². The maximum Gasteiger partial charge on any atom is 0.273 e. The smallest absolute Gasteiger partial charge is 0.273 e. The van der Waals surface area contributed by atoms with Gasteiger partial charge in [0.2, 0.25) is 5.09 Å². The van der Waals surface area contributed by atoms with Crippen molar-refractivity contribution >= 4 is 10.0 Å². The Hall–Kier alpha value is -1.63. The molecule has 0 saturated heterocycles. The molecule has 0 aliphatic heterocycles. The van der Waals surface area contributed by atoms with Crippen molar-refractivity contribution in [1.29, 1.82) is 0 Å². The molecule has 2 N–H and O–H groups in total. The molecule has 112 valence electrons. The van der Waals surface area contributed by atoms with E-state index in [0.717, 1.165) is 13.0 Å². The number of benzene rings is 1. The summed E-state index contributed by atoms with van der Waals surface area (Å²) in [5.41, 5.74) is 2.83. The average molecular weight is 306 g/mol. The summed E-state index contributed by atoms with van der Waals surface area (Å²) < 4.78 is 30.7. The zero-order chi connectivity index (χ0) is 14.9. The molecular formula is C15H18N2O3S. The van der Waals surface area contributed by atoms with Gasteiger partial charge in [-0.2, -0.15) is 0 Å². The van der Waals surface area contributed by atoms with Crippen molar-refractivity contribution < 1.29 is 12.8 Å². The fraction of sp³-hybridized carbons (Fsp3) is 0.333. The minimum atomic E-state index is -3.50. The van der Waals surface area contributed by atoms with Crippen LogP contribution in [-0.4, -0.2) is 22.0 Å². The van der Waals surface area contributed by atoms with Crippen molar-refractivity contribution in [1.82, 2.24) is 10.0 Å². The molecule has 21 heavy (non-hydrogen) atoms. The van der Waals surface area contributed by atoms with Crippen LogP contribution < -0.4 is 10.0 Å². The van der Waals surface area contributed by atoms with Gasteiger partial charge in [0, 0.05) is 12.5 Å². The first-order chi connectivity index (χ1) is 10.1. The summed E-state index contributed by atoms with van der Waals surface area (Å²) in [5.74, 6) is 1.16. The first-order valence-corrected chi connectivity index (χ1v) is 8.39.